The van der Waals surface area contributed by atoms with Crippen molar-refractivity contribution in [3.63, 3.8) is 0 Å². The number of halogens is 2. The van der Waals surface area contributed by atoms with Crippen molar-refractivity contribution < 1.29 is 13.0 Å². The lowest BCUT2D eigenvalue weighted by Crippen LogP contribution is -2.10. The third-order valence-electron chi connectivity index (χ3n) is 1.17. The molecule has 0 aliphatic carbocycles. The minimum Gasteiger partial charge on any atom is -0.269 e. The second-order valence-corrected chi connectivity index (χ2v) is 4.20. The van der Waals surface area contributed by atoms with Crippen molar-refractivity contribution in [1.29, 1.82) is 0 Å². The number of nitrogens with one attached hydrogen (secondary N) is 1. The standard InChI is InChI=1S/C6H5Cl2NO3S/c7-4-1-2-6(5(8)3-4)9-13(10,11)12/h1-3,9H,(H,10,11,12). The van der Waals surface area contributed by atoms with E-state index in [2.05, 4.69) is 0 Å². The molecule has 2 N–H and O–H groups in total. The van der Waals surface area contributed by atoms with Crippen LogP contribution in [0.4, 0.5) is 5.69 Å². The molecular formula is C6H5Cl2NO3S. The van der Waals surface area contributed by atoms with Gasteiger partial charge in [0.25, 0.3) is 0 Å². The van der Waals surface area contributed by atoms with Gasteiger partial charge in [-0.2, -0.15) is 8.42 Å². The van der Waals surface area contributed by atoms with E-state index >= 15 is 0 Å². The number of hydrogen-bond donors (Lipinski definition) is 2. The highest BCUT2D eigenvalue weighted by Gasteiger charge is 2.07. The zero-order valence-corrected chi connectivity index (χ0v) is 8.49. The molecule has 0 aliphatic rings. The second-order valence-electron chi connectivity index (χ2n) is 2.20. The zero-order chi connectivity index (χ0) is 10.1. The molecule has 1 aromatic carbocycles. The highest BCUT2D eigenvalue weighted by atomic mass is 35.5. The fraction of sp³-hybridized carbons (Fsp3) is 0. The normalized spacial score (nSPS) is 11.3. The molecule has 0 aliphatic heterocycles. The third-order valence-corrected chi connectivity index (χ3v) is 2.20. The number of hydrogen-bond acceptors (Lipinski definition) is 2. The van der Waals surface area contributed by atoms with Crippen LogP contribution in [0.5, 0.6) is 0 Å². The van der Waals surface area contributed by atoms with Gasteiger partial charge in [0, 0.05) is 5.02 Å². The molecule has 0 saturated carbocycles. The third kappa shape index (κ3) is 3.40. The predicted octanol–water partition coefficient (Wildman–Crippen LogP) is 2.21. The van der Waals surface area contributed by atoms with Gasteiger partial charge in [-0.05, 0) is 18.2 Å². The lowest BCUT2D eigenvalue weighted by molar-refractivity contribution is 0.490. The summed E-state index contributed by atoms with van der Waals surface area (Å²) in [6.45, 7) is 0. The Morgan fingerprint density at radius 3 is 2.38 bits per heavy atom. The Morgan fingerprint density at radius 2 is 1.92 bits per heavy atom. The Hall–Kier alpha value is -0.490. The molecule has 0 aromatic heterocycles. The first-order valence-electron chi connectivity index (χ1n) is 3.09. The van der Waals surface area contributed by atoms with E-state index < -0.39 is 10.3 Å². The van der Waals surface area contributed by atoms with Crippen molar-refractivity contribution in [2.24, 2.45) is 0 Å². The first-order valence-corrected chi connectivity index (χ1v) is 5.28. The van der Waals surface area contributed by atoms with Crippen LogP contribution in [-0.4, -0.2) is 13.0 Å². The lowest BCUT2D eigenvalue weighted by atomic mass is 10.3. The summed E-state index contributed by atoms with van der Waals surface area (Å²) in [6, 6.07) is 4.15. The van der Waals surface area contributed by atoms with Crippen molar-refractivity contribution in [1.82, 2.24) is 0 Å². The van der Waals surface area contributed by atoms with Gasteiger partial charge in [-0.15, -0.1) is 0 Å². The smallest absolute Gasteiger partial charge is 0.269 e. The van der Waals surface area contributed by atoms with E-state index in [1.165, 1.54) is 18.2 Å². The summed E-state index contributed by atoms with van der Waals surface area (Å²) < 4.78 is 31.0. The Bertz CT molecular complexity index is 418. The van der Waals surface area contributed by atoms with Gasteiger partial charge in [0.05, 0.1) is 10.7 Å². The molecule has 0 heterocycles. The van der Waals surface area contributed by atoms with Gasteiger partial charge in [-0.25, -0.2) is 0 Å². The highest BCUT2D eigenvalue weighted by molar-refractivity contribution is 7.87. The zero-order valence-electron chi connectivity index (χ0n) is 6.16. The lowest BCUT2D eigenvalue weighted by Gasteiger charge is -2.04. The molecule has 0 saturated heterocycles. The summed E-state index contributed by atoms with van der Waals surface area (Å²) >= 11 is 11.2. The summed E-state index contributed by atoms with van der Waals surface area (Å²) in [7, 11) is -4.29. The number of benzene rings is 1. The summed E-state index contributed by atoms with van der Waals surface area (Å²) in [5.41, 5.74) is 0.0774. The first-order chi connectivity index (χ1) is 5.88. The van der Waals surface area contributed by atoms with Crippen LogP contribution in [0.25, 0.3) is 0 Å². The fourth-order valence-electron chi connectivity index (χ4n) is 0.711. The van der Waals surface area contributed by atoms with E-state index in [4.69, 9.17) is 27.8 Å². The molecule has 0 spiro atoms. The Morgan fingerprint density at radius 1 is 1.31 bits per heavy atom. The molecule has 0 amide bonds. The Kier molecular flexibility index (Phi) is 3.02. The maximum absolute atomic E-state index is 10.4. The van der Waals surface area contributed by atoms with Crippen molar-refractivity contribution in [3.05, 3.63) is 28.2 Å². The average Bonchev–Trinajstić information content (AvgIpc) is 1.93. The molecule has 13 heavy (non-hydrogen) atoms. The maximum Gasteiger partial charge on any atom is 0.357 e. The van der Waals surface area contributed by atoms with E-state index in [0.29, 0.717) is 5.02 Å². The van der Waals surface area contributed by atoms with Crippen LogP contribution in [0.15, 0.2) is 18.2 Å². The second kappa shape index (κ2) is 3.71. The van der Waals surface area contributed by atoms with Gasteiger partial charge in [0.2, 0.25) is 0 Å². The van der Waals surface area contributed by atoms with E-state index in [1.807, 2.05) is 4.72 Å². The first kappa shape index (κ1) is 10.6. The van der Waals surface area contributed by atoms with Crippen LogP contribution >= 0.6 is 23.2 Å². The van der Waals surface area contributed by atoms with Crippen molar-refractivity contribution in [2.45, 2.75) is 0 Å². The van der Waals surface area contributed by atoms with Gasteiger partial charge in [-0.3, -0.25) is 9.27 Å². The Labute approximate surface area is 85.4 Å². The largest absolute Gasteiger partial charge is 0.357 e. The van der Waals surface area contributed by atoms with E-state index in [0.717, 1.165) is 0 Å². The molecule has 1 rings (SSSR count). The average molecular weight is 242 g/mol. The molecule has 1 aromatic rings. The quantitative estimate of drug-likeness (QED) is 0.781. The Balaban J connectivity index is 3.04. The molecule has 0 radical (unpaired) electrons. The van der Waals surface area contributed by atoms with Crippen molar-refractivity contribution in [2.75, 3.05) is 4.72 Å². The molecule has 0 atom stereocenters. The van der Waals surface area contributed by atoms with Crippen LogP contribution in [0.3, 0.4) is 0 Å². The molecule has 4 nitrogen and oxygen atoms in total. The fourth-order valence-corrected chi connectivity index (χ4v) is 1.68. The summed E-state index contributed by atoms with van der Waals surface area (Å²) in [6.07, 6.45) is 0. The molecule has 7 heteroatoms. The number of rotatable bonds is 2. The molecule has 72 valence electrons. The number of anilines is 1. The van der Waals surface area contributed by atoms with Crippen LogP contribution < -0.4 is 4.72 Å². The van der Waals surface area contributed by atoms with Crippen LogP contribution in [0.1, 0.15) is 0 Å². The maximum atomic E-state index is 10.4. The van der Waals surface area contributed by atoms with Gasteiger partial charge >= 0.3 is 10.3 Å². The van der Waals surface area contributed by atoms with E-state index in [9.17, 15) is 8.42 Å². The van der Waals surface area contributed by atoms with Gasteiger partial charge in [0.15, 0.2) is 0 Å². The predicted molar refractivity (Wildman–Crippen MR) is 51.6 cm³/mol. The van der Waals surface area contributed by atoms with Gasteiger partial charge < -0.3 is 0 Å². The van der Waals surface area contributed by atoms with Crippen molar-refractivity contribution >= 4 is 39.2 Å². The molecule has 0 bridgehead atoms. The summed E-state index contributed by atoms with van der Waals surface area (Å²) in [5.74, 6) is 0. The highest BCUT2D eigenvalue weighted by Crippen LogP contribution is 2.25. The van der Waals surface area contributed by atoms with Crippen LogP contribution in [0.2, 0.25) is 10.0 Å². The van der Waals surface area contributed by atoms with Gasteiger partial charge in [-0.1, -0.05) is 23.2 Å². The van der Waals surface area contributed by atoms with Crippen molar-refractivity contribution in [3.8, 4) is 0 Å². The molecule has 0 fully saturated rings. The van der Waals surface area contributed by atoms with Gasteiger partial charge in [0.1, 0.15) is 0 Å². The summed E-state index contributed by atoms with van der Waals surface area (Å²) in [5, 5.41) is 0.496. The SMILES string of the molecule is O=S(=O)(O)Nc1ccc(Cl)cc1Cl. The van der Waals surface area contributed by atoms with E-state index in [1.54, 1.807) is 0 Å². The minimum atomic E-state index is -4.29. The van der Waals surface area contributed by atoms with E-state index in [-0.39, 0.29) is 10.7 Å². The molecular weight excluding hydrogens is 237 g/mol. The van der Waals surface area contributed by atoms with Crippen LogP contribution in [0, 0.1) is 0 Å². The monoisotopic (exact) mass is 241 g/mol. The minimum absolute atomic E-state index is 0.0774. The summed E-state index contributed by atoms with van der Waals surface area (Å²) in [4.78, 5) is 0. The van der Waals surface area contributed by atoms with Crippen LogP contribution in [-0.2, 0) is 10.3 Å². The molecule has 0 unspecified atom stereocenters. The topological polar surface area (TPSA) is 66.4 Å².